The second-order valence-electron chi connectivity index (χ2n) is 9.81. The van der Waals surface area contributed by atoms with Crippen molar-refractivity contribution in [2.24, 2.45) is 11.8 Å². The lowest BCUT2D eigenvalue weighted by molar-refractivity contribution is -0.00387. The van der Waals surface area contributed by atoms with Crippen LogP contribution in [0.5, 0.6) is 5.75 Å². The molecule has 1 aliphatic heterocycles. The standard InChI is InChI=1S/C25H35NO4/c27-24(28-16-18-6-2-1-3-7-18)30-17-29-20-10-9-19-14-23-21-8-4-5-11-25(21,12-13-26-23)22(19)15-20/h9-10,15,18,21,23,26H,1-8,11-14,16-17H2/t21-,23+,25-/m1/s1. The Morgan fingerprint density at radius 3 is 2.80 bits per heavy atom. The van der Waals surface area contributed by atoms with Gasteiger partial charge in [-0.2, -0.15) is 0 Å². The van der Waals surface area contributed by atoms with E-state index in [0.29, 0.717) is 24.0 Å². The highest BCUT2D eigenvalue weighted by Gasteiger charge is 2.51. The molecule has 5 heteroatoms. The lowest BCUT2D eigenvalue weighted by atomic mass is 9.53. The summed E-state index contributed by atoms with van der Waals surface area (Å²) in [4.78, 5) is 11.9. The molecule has 2 saturated carbocycles. The maximum atomic E-state index is 11.9. The second-order valence-corrected chi connectivity index (χ2v) is 9.81. The highest BCUT2D eigenvalue weighted by molar-refractivity contribution is 5.59. The van der Waals surface area contributed by atoms with Crippen molar-refractivity contribution in [2.45, 2.75) is 82.1 Å². The molecule has 0 unspecified atom stereocenters. The first-order chi connectivity index (χ1) is 14.7. The first kappa shape index (κ1) is 20.2. The third-order valence-electron chi connectivity index (χ3n) is 8.18. The molecule has 1 saturated heterocycles. The van der Waals surface area contributed by atoms with Crippen molar-refractivity contribution in [3.05, 3.63) is 29.3 Å². The van der Waals surface area contributed by atoms with Crippen molar-refractivity contribution in [2.75, 3.05) is 19.9 Å². The van der Waals surface area contributed by atoms with E-state index in [4.69, 9.17) is 14.2 Å². The van der Waals surface area contributed by atoms with Crippen LogP contribution >= 0.6 is 0 Å². The minimum Gasteiger partial charge on any atom is -0.457 e. The van der Waals surface area contributed by atoms with Gasteiger partial charge in [0.15, 0.2) is 0 Å². The summed E-state index contributed by atoms with van der Waals surface area (Å²) in [7, 11) is 0. The summed E-state index contributed by atoms with van der Waals surface area (Å²) in [5.41, 5.74) is 3.26. The average Bonchev–Trinajstić information content (AvgIpc) is 2.79. The van der Waals surface area contributed by atoms with E-state index in [1.807, 2.05) is 6.07 Å². The smallest absolute Gasteiger partial charge is 0.457 e. The summed E-state index contributed by atoms with van der Waals surface area (Å²) in [6.07, 6.45) is 13.1. The van der Waals surface area contributed by atoms with Gasteiger partial charge in [-0.1, -0.05) is 38.2 Å². The monoisotopic (exact) mass is 413 g/mol. The fourth-order valence-corrected chi connectivity index (χ4v) is 6.72. The highest BCUT2D eigenvalue weighted by atomic mass is 16.8. The molecule has 4 aliphatic rings. The Balaban J connectivity index is 1.18. The predicted molar refractivity (Wildman–Crippen MR) is 115 cm³/mol. The van der Waals surface area contributed by atoms with Crippen LogP contribution in [0.1, 0.15) is 75.3 Å². The molecule has 0 radical (unpaired) electrons. The number of benzene rings is 1. The van der Waals surface area contributed by atoms with Crippen molar-refractivity contribution in [3.63, 3.8) is 0 Å². The zero-order chi connectivity index (χ0) is 20.4. The molecule has 30 heavy (non-hydrogen) atoms. The molecule has 0 amide bonds. The number of nitrogens with one attached hydrogen (secondary N) is 1. The van der Waals surface area contributed by atoms with Crippen molar-refractivity contribution < 1.29 is 19.0 Å². The Morgan fingerprint density at radius 2 is 1.90 bits per heavy atom. The molecule has 164 valence electrons. The van der Waals surface area contributed by atoms with Crippen molar-refractivity contribution >= 4 is 6.16 Å². The zero-order valence-electron chi connectivity index (χ0n) is 18.0. The van der Waals surface area contributed by atoms with Crippen molar-refractivity contribution in [1.29, 1.82) is 0 Å². The maximum absolute atomic E-state index is 11.9. The number of piperidine rings is 1. The normalized spacial score (nSPS) is 30.7. The Kier molecular flexibility index (Phi) is 5.90. The molecule has 1 aromatic rings. The topological polar surface area (TPSA) is 56.8 Å². The van der Waals surface area contributed by atoms with Crippen molar-refractivity contribution in [1.82, 2.24) is 5.32 Å². The minimum atomic E-state index is -0.620. The van der Waals surface area contributed by atoms with Gasteiger partial charge in [-0.3, -0.25) is 0 Å². The van der Waals surface area contributed by atoms with E-state index in [1.54, 1.807) is 0 Å². The molecule has 1 N–H and O–H groups in total. The van der Waals surface area contributed by atoms with Gasteiger partial charge in [-0.05, 0) is 80.2 Å². The van der Waals surface area contributed by atoms with Crippen LogP contribution in [-0.4, -0.2) is 32.1 Å². The third-order valence-corrected chi connectivity index (χ3v) is 8.18. The van der Waals surface area contributed by atoms with Gasteiger partial charge in [0, 0.05) is 11.5 Å². The van der Waals surface area contributed by atoms with E-state index in [1.165, 1.54) is 62.5 Å². The molecule has 1 heterocycles. The van der Waals surface area contributed by atoms with E-state index in [-0.39, 0.29) is 6.79 Å². The molecule has 3 aliphatic carbocycles. The molecule has 0 spiro atoms. The first-order valence-electron chi connectivity index (χ1n) is 12.0. The van der Waals surface area contributed by atoms with Gasteiger partial charge in [0.05, 0.1) is 6.61 Å². The second kappa shape index (κ2) is 8.78. The zero-order valence-corrected chi connectivity index (χ0v) is 18.0. The molecular weight excluding hydrogens is 378 g/mol. The summed E-state index contributed by atoms with van der Waals surface area (Å²) in [5.74, 6) is 2.03. The number of ether oxygens (including phenoxy) is 3. The van der Waals surface area contributed by atoms with Crippen LogP contribution in [0.25, 0.3) is 0 Å². The van der Waals surface area contributed by atoms with E-state index < -0.39 is 6.16 Å². The summed E-state index contributed by atoms with van der Waals surface area (Å²) in [6, 6.07) is 7.09. The SMILES string of the molecule is O=C(OCOc1ccc2c(c1)[C@@]13CCCC[C@@H]1[C@H](C2)NCC3)OCC1CCCCC1. The largest absolute Gasteiger partial charge is 0.511 e. The Morgan fingerprint density at radius 1 is 1.03 bits per heavy atom. The molecule has 5 rings (SSSR count). The molecule has 5 nitrogen and oxygen atoms in total. The molecule has 3 fully saturated rings. The Hall–Kier alpha value is -1.75. The maximum Gasteiger partial charge on any atom is 0.511 e. The number of fused-ring (bicyclic) bond motifs is 1. The first-order valence-corrected chi connectivity index (χ1v) is 12.0. The molecular formula is C25H35NO4. The Labute approximate surface area is 179 Å². The summed E-state index contributed by atoms with van der Waals surface area (Å²) < 4.78 is 16.3. The molecule has 2 bridgehead atoms. The van der Waals surface area contributed by atoms with Crippen LogP contribution in [0, 0.1) is 11.8 Å². The third kappa shape index (κ3) is 3.93. The van der Waals surface area contributed by atoms with E-state index in [2.05, 4.69) is 17.4 Å². The summed E-state index contributed by atoms with van der Waals surface area (Å²) in [6.45, 7) is 1.49. The fourth-order valence-electron chi connectivity index (χ4n) is 6.72. The van der Waals surface area contributed by atoms with Crippen LogP contribution in [0.3, 0.4) is 0 Å². The highest BCUT2D eigenvalue weighted by Crippen LogP contribution is 2.54. The Bertz CT molecular complexity index is 756. The summed E-state index contributed by atoms with van der Waals surface area (Å²) >= 11 is 0. The fraction of sp³-hybridized carbons (Fsp3) is 0.720. The summed E-state index contributed by atoms with van der Waals surface area (Å²) in [5, 5.41) is 3.78. The van der Waals surface area contributed by atoms with Crippen LogP contribution in [0.2, 0.25) is 0 Å². The van der Waals surface area contributed by atoms with Gasteiger partial charge >= 0.3 is 6.16 Å². The van der Waals surface area contributed by atoms with Gasteiger partial charge in [-0.15, -0.1) is 0 Å². The van der Waals surface area contributed by atoms with E-state index in [9.17, 15) is 4.79 Å². The lowest BCUT2D eigenvalue weighted by Gasteiger charge is -2.56. The molecule has 0 aromatic heterocycles. The van der Waals surface area contributed by atoms with Gasteiger partial charge < -0.3 is 19.5 Å². The van der Waals surface area contributed by atoms with Crippen LogP contribution in [0.4, 0.5) is 4.79 Å². The van der Waals surface area contributed by atoms with Crippen LogP contribution in [-0.2, 0) is 21.3 Å². The van der Waals surface area contributed by atoms with Gasteiger partial charge in [0.25, 0.3) is 0 Å². The van der Waals surface area contributed by atoms with Crippen molar-refractivity contribution in [3.8, 4) is 5.75 Å². The van der Waals surface area contributed by atoms with E-state index in [0.717, 1.165) is 37.5 Å². The van der Waals surface area contributed by atoms with Gasteiger partial charge in [-0.25, -0.2) is 4.79 Å². The number of hydrogen-bond acceptors (Lipinski definition) is 5. The number of carbonyl (C=O) groups is 1. The average molecular weight is 414 g/mol. The van der Waals surface area contributed by atoms with E-state index >= 15 is 0 Å². The predicted octanol–water partition coefficient (Wildman–Crippen LogP) is 5.10. The molecule has 3 atom stereocenters. The van der Waals surface area contributed by atoms with Gasteiger partial charge in [0.2, 0.25) is 6.79 Å². The minimum absolute atomic E-state index is 0.0943. The molecule has 1 aromatic carbocycles. The van der Waals surface area contributed by atoms with Gasteiger partial charge in [0.1, 0.15) is 5.75 Å². The van der Waals surface area contributed by atoms with Crippen LogP contribution in [0.15, 0.2) is 18.2 Å². The number of hydrogen-bond donors (Lipinski definition) is 1. The van der Waals surface area contributed by atoms with Crippen LogP contribution < -0.4 is 10.1 Å². The lowest BCUT2D eigenvalue weighted by Crippen LogP contribution is -2.59. The number of carbonyl (C=O) groups excluding carboxylic acids is 1. The quantitative estimate of drug-likeness (QED) is 0.537. The number of rotatable bonds is 5.